The number of anilines is 6. The van der Waals surface area contributed by atoms with E-state index < -0.39 is 0 Å². The van der Waals surface area contributed by atoms with E-state index in [1.807, 2.05) is 134 Å². The van der Waals surface area contributed by atoms with Crippen LogP contribution in [0.25, 0.3) is 45.0 Å². The summed E-state index contributed by atoms with van der Waals surface area (Å²) in [6.07, 6.45) is 7.84. The van der Waals surface area contributed by atoms with Crippen LogP contribution < -0.4 is 9.80 Å². The summed E-state index contributed by atoms with van der Waals surface area (Å²) < 4.78 is 0. The summed E-state index contributed by atoms with van der Waals surface area (Å²) in [7, 11) is 0. The van der Waals surface area contributed by atoms with Crippen LogP contribution in [-0.2, 0) is 40.2 Å². The Morgan fingerprint density at radius 3 is 0.818 bits per heavy atom. The molecule has 0 saturated carbocycles. The van der Waals surface area contributed by atoms with Crippen molar-refractivity contribution in [3.8, 4) is 45.0 Å². The smallest absolute Gasteiger partial charge is 0.0662 e. The van der Waals surface area contributed by atoms with Crippen molar-refractivity contribution in [1.82, 2.24) is 19.9 Å². The largest absolute Gasteiger partial charge is 0.309 e. The molecule has 0 saturated heterocycles. The number of hydrogen-bond acceptors (Lipinski definition) is 6. The van der Waals surface area contributed by atoms with Crippen LogP contribution in [-0.4, -0.2) is 19.9 Å². The molecule has 446 valence electrons. The van der Waals surface area contributed by atoms with Crippen molar-refractivity contribution in [3.05, 3.63) is 325 Å². The quantitative estimate of drug-likeness (QED) is 0.107. The molecule has 8 heteroatoms. The number of nitrogens with zero attached hydrogens (tertiary/aromatic N) is 6. The normalized spacial score (nSPS) is 10.5. The maximum Gasteiger partial charge on any atom is 0.0662 e. The van der Waals surface area contributed by atoms with E-state index in [4.69, 9.17) is 9.97 Å². The molecule has 4 aromatic heterocycles. The predicted molar refractivity (Wildman–Crippen MR) is 360 cm³/mol. The molecule has 12 rings (SSSR count). The van der Waals surface area contributed by atoms with Crippen LogP contribution in [0.3, 0.4) is 0 Å². The number of benzene rings is 8. The first-order valence-corrected chi connectivity index (χ1v) is 29.5. The zero-order chi connectivity index (χ0) is 60.2. The van der Waals surface area contributed by atoms with Crippen LogP contribution in [0.15, 0.2) is 267 Å². The number of aryl methyl sites for hydroxylation is 3. The number of para-hydroxylation sites is 4. The fourth-order valence-electron chi connectivity index (χ4n) is 9.97. The fraction of sp³-hybridized carbons (Fsp3) is 0.150. The molecule has 4 heterocycles. The van der Waals surface area contributed by atoms with E-state index >= 15 is 0 Å². The van der Waals surface area contributed by atoms with Gasteiger partial charge in [0.05, 0.1) is 11.4 Å². The maximum absolute atomic E-state index is 4.79. The Balaban J connectivity index is 0.000000173. The minimum Gasteiger partial charge on any atom is -0.309 e. The van der Waals surface area contributed by atoms with Gasteiger partial charge in [-0.2, -0.15) is 0 Å². The second-order valence-corrected chi connectivity index (χ2v) is 21.9. The van der Waals surface area contributed by atoms with E-state index in [9.17, 15) is 0 Å². The van der Waals surface area contributed by atoms with Gasteiger partial charge in [0.1, 0.15) is 0 Å². The predicted octanol–water partition coefficient (Wildman–Crippen LogP) is 21.4. The van der Waals surface area contributed by atoms with E-state index in [0.29, 0.717) is 17.8 Å². The van der Waals surface area contributed by atoms with Gasteiger partial charge in [0.15, 0.2) is 0 Å². The molecule has 8 aromatic carbocycles. The maximum atomic E-state index is 4.79. The number of rotatable bonds is 13. The van der Waals surface area contributed by atoms with Crippen molar-refractivity contribution in [2.75, 3.05) is 9.80 Å². The molecule has 0 N–H and O–H groups in total. The summed E-state index contributed by atoms with van der Waals surface area (Å²) in [4.78, 5) is 23.0. The van der Waals surface area contributed by atoms with Crippen molar-refractivity contribution in [1.29, 1.82) is 0 Å². The van der Waals surface area contributed by atoms with E-state index in [0.717, 1.165) is 79.2 Å². The molecule has 6 nitrogen and oxygen atoms in total. The Bertz CT molecular complexity index is 3730. The minimum atomic E-state index is 0. The SMILES string of the molecule is CC(C)c1cc(-c2[c-]cccc2)ncc1N(c1ccccc1)c1ccccc1.CC(C)c1cc(-c2[c-]cccc2)ncc1N(c1ccccc1)c1ccccc1.Cc1cnc(-c2[c-]cccc2)cc1C.Cc1cnc(-c2[c-]cccc2)cc1C(C)C.[Ir].[Ir]. The second-order valence-electron chi connectivity index (χ2n) is 21.9. The Morgan fingerprint density at radius 2 is 0.545 bits per heavy atom. The zero-order valence-electron chi connectivity index (χ0n) is 51.5. The van der Waals surface area contributed by atoms with Crippen LogP contribution in [0.4, 0.5) is 34.1 Å². The van der Waals surface area contributed by atoms with Gasteiger partial charge in [0.2, 0.25) is 0 Å². The summed E-state index contributed by atoms with van der Waals surface area (Å²) in [5, 5.41) is 0. The summed E-state index contributed by atoms with van der Waals surface area (Å²) in [5.74, 6) is 1.25. The van der Waals surface area contributed by atoms with E-state index in [-0.39, 0.29) is 40.2 Å². The molecule has 0 spiro atoms. The molecule has 0 bridgehead atoms. The molecule has 0 aliphatic heterocycles. The van der Waals surface area contributed by atoms with E-state index in [2.05, 4.69) is 240 Å². The van der Waals surface area contributed by atoms with Crippen LogP contribution >= 0.6 is 0 Å². The van der Waals surface area contributed by atoms with Crippen molar-refractivity contribution < 1.29 is 40.2 Å². The Kier molecular flexibility index (Phi) is 25.3. The first-order valence-electron chi connectivity index (χ1n) is 29.5. The van der Waals surface area contributed by atoms with Gasteiger partial charge in [-0.3, -0.25) is 0 Å². The minimum absolute atomic E-state index is 0. The van der Waals surface area contributed by atoms with Gasteiger partial charge < -0.3 is 29.7 Å². The van der Waals surface area contributed by atoms with Crippen LogP contribution in [0.2, 0.25) is 0 Å². The zero-order valence-corrected chi connectivity index (χ0v) is 56.3. The van der Waals surface area contributed by atoms with Gasteiger partial charge in [0, 0.05) is 87.7 Å². The van der Waals surface area contributed by atoms with Gasteiger partial charge in [-0.15, -0.1) is 144 Å². The summed E-state index contributed by atoms with van der Waals surface area (Å²) in [6, 6.07) is 95.3. The van der Waals surface area contributed by atoms with Crippen molar-refractivity contribution in [2.45, 2.75) is 80.1 Å². The average Bonchev–Trinajstić information content (AvgIpc) is 1.56. The molecule has 0 aliphatic rings. The molecule has 12 aromatic rings. The number of aromatic nitrogens is 4. The van der Waals surface area contributed by atoms with Crippen LogP contribution in [0.5, 0.6) is 0 Å². The Labute approximate surface area is 550 Å². The van der Waals surface area contributed by atoms with Gasteiger partial charge in [0.25, 0.3) is 0 Å². The number of pyridine rings is 4. The average molecular weight is 1500 g/mol. The Morgan fingerprint density at radius 1 is 0.284 bits per heavy atom. The summed E-state index contributed by atoms with van der Waals surface area (Å²) in [6.45, 7) is 19.6. The molecule has 88 heavy (non-hydrogen) atoms. The molecular formula is C80H74Ir2N6-4. The van der Waals surface area contributed by atoms with E-state index in [1.54, 1.807) is 0 Å². The third-order valence-electron chi connectivity index (χ3n) is 14.7. The molecule has 0 atom stereocenters. The van der Waals surface area contributed by atoms with Crippen LogP contribution in [0, 0.1) is 45.0 Å². The van der Waals surface area contributed by atoms with Gasteiger partial charge in [-0.05, 0) is 138 Å². The van der Waals surface area contributed by atoms with Crippen molar-refractivity contribution in [2.24, 2.45) is 0 Å². The monoisotopic (exact) mass is 1500 g/mol. The first-order chi connectivity index (χ1) is 41.9. The number of hydrogen-bond donors (Lipinski definition) is 0. The standard InChI is InChI=1S/2C26H23N2.C15H16N.C13H12N.2Ir/c2*1-20(2)24-18-25(21-12-6-3-7-13-21)27-19-26(24)28(22-14-8-4-9-15-22)23-16-10-5-11-17-23;1-11(2)14-9-15(16-10-12(14)3)13-7-5-4-6-8-13;1-10-8-13(14-9-11(10)2)12-6-4-3-5-7-12;;/h2*3-12,14-20H,1-2H3;4-7,9-11H,1-3H3;3-6,8-9H,1-2H3;;/q4*-1;;. The van der Waals surface area contributed by atoms with Gasteiger partial charge >= 0.3 is 0 Å². The first kappa shape index (κ1) is 66.8. The Hall–Kier alpha value is -8.74. The van der Waals surface area contributed by atoms with Gasteiger partial charge in [-0.25, -0.2) is 0 Å². The molecule has 0 fully saturated rings. The van der Waals surface area contributed by atoms with Crippen LogP contribution in [0.1, 0.15) is 92.7 Å². The molecular weight excluding hydrogens is 1430 g/mol. The molecule has 2 radical (unpaired) electrons. The fourth-order valence-corrected chi connectivity index (χ4v) is 9.97. The third kappa shape index (κ3) is 17.7. The van der Waals surface area contributed by atoms with Crippen molar-refractivity contribution >= 4 is 34.1 Å². The van der Waals surface area contributed by atoms with Crippen molar-refractivity contribution in [3.63, 3.8) is 0 Å². The molecule has 0 aliphatic carbocycles. The molecule has 0 amide bonds. The summed E-state index contributed by atoms with van der Waals surface area (Å²) in [5.41, 5.74) is 22.4. The second kappa shape index (κ2) is 33.4. The topological polar surface area (TPSA) is 58.0 Å². The summed E-state index contributed by atoms with van der Waals surface area (Å²) >= 11 is 0. The van der Waals surface area contributed by atoms with Gasteiger partial charge in [-0.1, -0.05) is 144 Å². The molecule has 0 unspecified atom stereocenters. The third-order valence-corrected chi connectivity index (χ3v) is 14.7. The van der Waals surface area contributed by atoms with E-state index in [1.165, 1.54) is 33.4 Å².